The highest BCUT2D eigenvalue weighted by atomic mass is 32.2. The number of carbonyl (C=O) groups is 1. The van der Waals surface area contributed by atoms with E-state index in [1.807, 2.05) is 75.4 Å². The van der Waals surface area contributed by atoms with Crippen LogP contribution >= 0.6 is 11.8 Å². The molecular weight excluding hydrogens is 442 g/mol. The summed E-state index contributed by atoms with van der Waals surface area (Å²) in [4.78, 5) is 19.3. The number of hydrogen-bond acceptors (Lipinski definition) is 4. The van der Waals surface area contributed by atoms with E-state index in [1.165, 1.54) is 5.56 Å². The van der Waals surface area contributed by atoms with Crippen molar-refractivity contribution in [2.45, 2.75) is 49.4 Å². The van der Waals surface area contributed by atoms with E-state index >= 15 is 0 Å². The lowest BCUT2D eigenvalue weighted by atomic mass is 10.1. The van der Waals surface area contributed by atoms with E-state index in [4.69, 9.17) is 9.57 Å². The molecule has 1 atom stereocenters. The number of benzene rings is 3. The van der Waals surface area contributed by atoms with Crippen molar-refractivity contribution < 1.29 is 14.4 Å². The average molecular weight is 476 g/mol. The summed E-state index contributed by atoms with van der Waals surface area (Å²) in [5.41, 5.74) is 5.60. The zero-order chi connectivity index (χ0) is 24.4. The van der Waals surface area contributed by atoms with Crippen LogP contribution < -0.4 is 10.2 Å². The predicted octanol–water partition coefficient (Wildman–Crippen LogP) is 6.81. The fraction of sp³-hybridized carbons (Fsp3) is 0.276. The largest absolute Gasteiger partial charge is 0.497 e. The van der Waals surface area contributed by atoms with Crippen LogP contribution in [0.1, 0.15) is 43.9 Å². The van der Waals surface area contributed by atoms with Crippen LogP contribution in [0.2, 0.25) is 0 Å². The maximum Gasteiger partial charge on any atom is 0.244 e. The van der Waals surface area contributed by atoms with E-state index < -0.39 is 5.60 Å². The van der Waals surface area contributed by atoms with E-state index in [2.05, 4.69) is 41.9 Å². The molecule has 1 N–H and O–H groups in total. The number of methoxy groups -OCH3 is 1. The van der Waals surface area contributed by atoms with Crippen LogP contribution in [0.3, 0.4) is 0 Å². The van der Waals surface area contributed by atoms with Gasteiger partial charge in [0.1, 0.15) is 5.75 Å². The third-order valence-corrected chi connectivity index (χ3v) is 6.27. The van der Waals surface area contributed by atoms with E-state index in [0.717, 1.165) is 28.2 Å². The van der Waals surface area contributed by atoms with Crippen molar-refractivity contribution in [2.75, 3.05) is 7.11 Å². The summed E-state index contributed by atoms with van der Waals surface area (Å²) in [5, 5.41) is 0.0569. The van der Waals surface area contributed by atoms with Crippen molar-refractivity contribution in [1.29, 1.82) is 0 Å². The Labute approximate surface area is 207 Å². The van der Waals surface area contributed by atoms with Crippen LogP contribution in [0.5, 0.6) is 5.75 Å². The quantitative estimate of drug-likeness (QED) is 0.199. The van der Waals surface area contributed by atoms with Gasteiger partial charge in [-0.3, -0.25) is 9.63 Å². The molecule has 0 aliphatic carbocycles. The van der Waals surface area contributed by atoms with Crippen LogP contribution in [-0.2, 0) is 16.1 Å². The fourth-order valence-electron chi connectivity index (χ4n) is 3.30. The zero-order valence-electron chi connectivity index (χ0n) is 20.3. The fourth-order valence-corrected chi connectivity index (χ4v) is 4.60. The SMILES string of the molecule is COc1ccc(C=Cc2ccccc2SC(CC(=O)NOC(C)(C)C)Cc2ccccc2)cc1. The average Bonchev–Trinajstić information content (AvgIpc) is 2.83. The van der Waals surface area contributed by atoms with Crippen LogP contribution in [-0.4, -0.2) is 23.9 Å². The lowest BCUT2D eigenvalue weighted by molar-refractivity contribution is -0.145. The van der Waals surface area contributed by atoms with Crippen LogP contribution in [0.25, 0.3) is 12.2 Å². The molecule has 0 fully saturated rings. The standard InChI is InChI=1S/C29H33NO3S/c1-29(2,3)33-30-28(31)21-26(20-23-10-6-5-7-11-23)34-27-13-9-8-12-24(27)17-14-22-15-18-25(32-4)19-16-22/h5-19,26H,20-21H2,1-4H3,(H,30,31). The molecule has 4 nitrogen and oxygen atoms in total. The molecule has 0 spiro atoms. The Hall–Kier alpha value is -3.02. The van der Waals surface area contributed by atoms with Gasteiger partial charge in [0.2, 0.25) is 5.91 Å². The van der Waals surface area contributed by atoms with Gasteiger partial charge in [-0.25, -0.2) is 5.48 Å². The molecule has 34 heavy (non-hydrogen) atoms. The summed E-state index contributed by atoms with van der Waals surface area (Å²) in [6.07, 6.45) is 5.35. The summed E-state index contributed by atoms with van der Waals surface area (Å²) in [6.45, 7) is 5.73. The summed E-state index contributed by atoms with van der Waals surface area (Å²) in [6, 6.07) is 26.5. The molecule has 0 heterocycles. The Bertz CT molecular complexity index is 1070. The molecule has 0 saturated heterocycles. The van der Waals surface area contributed by atoms with Crippen molar-refractivity contribution in [2.24, 2.45) is 0 Å². The van der Waals surface area contributed by atoms with Gasteiger partial charge in [-0.1, -0.05) is 72.8 Å². The number of thioether (sulfide) groups is 1. The number of rotatable bonds is 10. The molecule has 1 unspecified atom stereocenters. The highest BCUT2D eigenvalue weighted by molar-refractivity contribution is 8.00. The lowest BCUT2D eigenvalue weighted by Gasteiger charge is -2.21. The summed E-state index contributed by atoms with van der Waals surface area (Å²) >= 11 is 1.73. The van der Waals surface area contributed by atoms with Gasteiger partial charge in [-0.15, -0.1) is 11.8 Å². The first kappa shape index (κ1) is 25.6. The Morgan fingerprint density at radius 1 is 0.941 bits per heavy atom. The van der Waals surface area contributed by atoms with Gasteiger partial charge in [0.05, 0.1) is 12.7 Å². The van der Waals surface area contributed by atoms with E-state index in [-0.39, 0.29) is 11.2 Å². The molecule has 3 rings (SSSR count). The number of ether oxygens (including phenoxy) is 1. The molecule has 178 valence electrons. The lowest BCUT2D eigenvalue weighted by Crippen LogP contribution is -2.35. The third-order valence-electron chi connectivity index (χ3n) is 4.97. The molecule has 0 radical (unpaired) electrons. The normalized spacial score (nSPS) is 12.5. The molecule has 0 aromatic heterocycles. The summed E-state index contributed by atoms with van der Waals surface area (Å²) in [7, 11) is 1.67. The van der Waals surface area contributed by atoms with Crippen molar-refractivity contribution in [1.82, 2.24) is 5.48 Å². The molecule has 3 aromatic carbocycles. The minimum atomic E-state index is -0.434. The summed E-state index contributed by atoms with van der Waals surface area (Å²) < 4.78 is 5.24. The van der Waals surface area contributed by atoms with Crippen molar-refractivity contribution in [3.63, 3.8) is 0 Å². The Kier molecular flexibility index (Phi) is 9.37. The van der Waals surface area contributed by atoms with Crippen molar-refractivity contribution in [3.05, 3.63) is 95.6 Å². The molecule has 0 saturated carbocycles. The van der Waals surface area contributed by atoms with E-state index in [1.54, 1.807) is 18.9 Å². The second kappa shape index (κ2) is 12.4. The maximum absolute atomic E-state index is 12.7. The van der Waals surface area contributed by atoms with Gasteiger partial charge in [-0.2, -0.15) is 0 Å². The first-order valence-electron chi connectivity index (χ1n) is 11.4. The molecule has 1 amide bonds. The van der Waals surface area contributed by atoms with Crippen LogP contribution in [0.15, 0.2) is 83.8 Å². The Morgan fingerprint density at radius 3 is 2.29 bits per heavy atom. The van der Waals surface area contributed by atoms with Gasteiger partial charge < -0.3 is 4.74 Å². The Balaban J connectivity index is 1.76. The molecular formula is C29H33NO3S. The highest BCUT2D eigenvalue weighted by Gasteiger charge is 2.19. The van der Waals surface area contributed by atoms with Crippen LogP contribution in [0, 0.1) is 0 Å². The minimum absolute atomic E-state index is 0.0569. The molecule has 0 aliphatic heterocycles. The molecule has 0 bridgehead atoms. The number of carbonyl (C=O) groups excluding carboxylic acids is 1. The van der Waals surface area contributed by atoms with Gasteiger partial charge in [0.15, 0.2) is 0 Å². The zero-order valence-corrected chi connectivity index (χ0v) is 21.1. The second-order valence-corrected chi connectivity index (χ2v) is 10.4. The monoisotopic (exact) mass is 475 g/mol. The van der Waals surface area contributed by atoms with Gasteiger partial charge in [-0.05, 0) is 62.1 Å². The van der Waals surface area contributed by atoms with E-state index in [9.17, 15) is 4.79 Å². The molecule has 3 aromatic rings. The summed E-state index contributed by atoms with van der Waals surface area (Å²) in [5.74, 6) is 0.722. The van der Waals surface area contributed by atoms with Crippen LogP contribution in [0.4, 0.5) is 0 Å². The maximum atomic E-state index is 12.7. The second-order valence-electron chi connectivity index (χ2n) is 9.02. The number of amides is 1. The number of nitrogens with one attached hydrogen (secondary N) is 1. The minimum Gasteiger partial charge on any atom is -0.497 e. The predicted molar refractivity (Wildman–Crippen MR) is 142 cm³/mol. The molecule has 5 heteroatoms. The topological polar surface area (TPSA) is 47.6 Å². The van der Waals surface area contributed by atoms with Gasteiger partial charge in [0, 0.05) is 16.6 Å². The smallest absolute Gasteiger partial charge is 0.244 e. The number of hydrogen-bond donors (Lipinski definition) is 1. The van der Waals surface area contributed by atoms with Crippen molar-refractivity contribution >= 4 is 29.8 Å². The van der Waals surface area contributed by atoms with Gasteiger partial charge >= 0.3 is 0 Å². The van der Waals surface area contributed by atoms with E-state index in [0.29, 0.717) is 6.42 Å². The third kappa shape index (κ3) is 8.73. The Morgan fingerprint density at radius 2 is 1.62 bits per heavy atom. The first-order chi connectivity index (χ1) is 16.3. The first-order valence-corrected chi connectivity index (χ1v) is 12.3. The van der Waals surface area contributed by atoms with Gasteiger partial charge in [0.25, 0.3) is 0 Å². The molecule has 0 aliphatic rings. The highest BCUT2D eigenvalue weighted by Crippen LogP contribution is 2.32. The number of hydroxylamine groups is 1. The van der Waals surface area contributed by atoms with Crippen molar-refractivity contribution in [3.8, 4) is 5.75 Å².